The first kappa shape index (κ1) is 18.2. The van der Waals surface area contributed by atoms with E-state index in [1.54, 1.807) is 0 Å². The summed E-state index contributed by atoms with van der Waals surface area (Å²) < 4.78 is 0. The number of benzene rings is 1. The minimum absolute atomic E-state index is 0.157. The Morgan fingerprint density at radius 1 is 1.05 bits per heavy atom. The molecule has 2 heteroatoms. The first-order chi connectivity index (χ1) is 9.69. The number of rotatable bonds is 7. The van der Waals surface area contributed by atoms with Crippen LogP contribution in [0.5, 0.6) is 0 Å². The predicted molar refractivity (Wildman–Crippen MR) is 93.4 cm³/mol. The van der Waals surface area contributed by atoms with Crippen molar-refractivity contribution in [3.63, 3.8) is 0 Å². The predicted octanol–water partition coefficient (Wildman–Crippen LogP) is 4.44. The lowest BCUT2D eigenvalue weighted by molar-refractivity contribution is 0.220. The van der Waals surface area contributed by atoms with Crippen molar-refractivity contribution in [3.8, 4) is 0 Å². The van der Waals surface area contributed by atoms with Gasteiger partial charge in [-0.1, -0.05) is 38.1 Å². The quantitative estimate of drug-likeness (QED) is 0.798. The highest BCUT2D eigenvalue weighted by molar-refractivity contribution is 5.27. The molecule has 1 rings (SSSR count). The summed E-state index contributed by atoms with van der Waals surface area (Å²) in [6.07, 6.45) is 1.25. The third kappa shape index (κ3) is 7.10. The fourth-order valence-electron chi connectivity index (χ4n) is 2.53. The van der Waals surface area contributed by atoms with E-state index in [1.807, 2.05) is 0 Å². The Morgan fingerprint density at radius 2 is 1.62 bits per heavy atom. The maximum atomic E-state index is 3.59. The van der Waals surface area contributed by atoms with Crippen LogP contribution >= 0.6 is 0 Å². The molecule has 0 amide bonds. The Bertz CT molecular complexity index is 418. The molecule has 0 bridgehead atoms. The zero-order valence-corrected chi connectivity index (χ0v) is 15.0. The summed E-state index contributed by atoms with van der Waals surface area (Å²) in [4.78, 5) is 2.47. The summed E-state index contributed by atoms with van der Waals surface area (Å²) in [6, 6.07) is 9.42. The molecule has 2 nitrogen and oxygen atoms in total. The van der Waals surface area contributed by atoms with Gasteiger partial charge < -0.3 is 5.32 Å². The molecule has 0 fully saturated rings. The largest absolute Gasteiger partial charge is 0.308 e. The Labute approximate surface area is 131 Å². The Balaban J connectivity index is 2.70. The Hall–Kier alpha value is -0.860. The minimum Gasteiger partial charge on any atom is -0.308 e. The maximum absolute atomic E-state index is 3.59. The molecule has 1 unspecified atom stereocenters. The molecule has 1 aromatic rings. The molecule has 0 saturated carbocycles. The van der Waals surface area contributed by atoms with Gasteiger partial charge in [-0.15, -0.1) is 0 Å². The summed E-state index contributed by atoms with van der Waals surface area (Å²) in [7, 11) is 2.24. The second-order valence-electron chi connectivity index (χ2n) is 7.77. The third-order valence-electron chi connectivity index (χ3n) is 3.91. The second-order valence-corrected chi connectivity index (χ2v) is 7.77. The second kappa shape index (κ2) is 7.95. The van der Waals surface area contributed by atoms with Gasteiger partial charge in [-0.05, 0) is 58.2 Å². The first-order valence-electron chi connectivity index (χ1n) is 8.21. The lowest BCUT2D eigenvalue weighted by Crippen LogP contribution is -2.36. The molecular weight excluding hydrogens is 256 g/mol. The molecule has 1 aromatic carbocycles. The van der Waals surface area contributed by atoms with Gasteiger partial charge in [0, 0.05) is 24.7 Å². The van der Waals surface area contributed by atoms with Crippen molar-refractivity contribution >= 4 is 0 Å². The van der Waals surface area contributed by atoms with E-state index in [-0.39, 0.29) is 5.54 Å². The van der Waals surface area contributed by atoms with Crippen LogP contribution in [0.2, 0.25) is 0 Å². The van der Waals surface area contributed by atoms with Gasteiger partial charge in [0.1, 0.15) is 0 Å². The van der Waals surface area contributed by atoms with E-state index < -0.39 is 0 Å². The maximum Gasteiger partial charge on any atom is 0.0236 e. The van der Waals surface area contributed by atoms with Crippen molar-refractivity contribution in [1.82, 2.24) is 10.2 Å². The molecule has 0 spiro atoms. The number of nitrogens with one attached hydrogen (secondary N) is 1. The van der Waals surface area contributed by atoms with Gasteiger partial charge in [-0.2, -0.15) is 0 Å². The lowest BCUT2D eigenvalue weighted by Gasteiger charge is -2.28. The lowest BCUT2D eigenvalue weighted by atomic mass is 10.0. The summed E-state index contributed by atoms with van der Waals surface area (Å²) in [5.74, 6) is 0.750. The van der Waals surface area contributed by atoms with Crippen LogP contribution in [-0.4, -0.2) is 23.5 Å². The Kier molecular flexibility index (Phi) is 6.89. The van der Waals surface area contributed by atoms with Crippen LogP contribution in [0.3, 0.4) is 0 Å². The van der Waals surface area contributed by atoms with Crippen LogP contribution in [-0.2, 0) is 13.1 Å². The molecule has 120 valence electrons. The average molecular weight is 290 g/mol. The summed E-state index contributed by atoms with van der Waals surface area (Å²) >= 11 is 0. The molecule has 0 radical (unpaired) electrons. The van der Waals surface area contributed by atoms with E-state index in [1.165, 1.54) is 17.5 Å². The summed E-state index contributed by atoms with van der Waals surface area (Å²) in [5, 5.41) is 3.59. The molecule has 21 heavy (non-hydrogen) atoms. The van der Waals surface area contributed by atoms with Crippen LogP contribution in [0.1, 0.15) is 59.1 Å². The molecule has 0 aliphatic rings. The van der Waals surface area contributed by atoms with E-state index >= 15 is 0 Å². The van der Waals surface area contributed by atoms with Gasteiger partial charge in [0.15, 0.2) is 0 Å². The van der Waals surface area contributed by atoms with Crippen molar-refractivity contribution in [1.29, 1.82) is 0 Å². The van der Waals surface area contributed by atoms with Crippen LogP contribution < -0.4 is 5.32 Å². The molecule has 1 N–H and O–H groups in total. The number of nitrogens with zero attached hydrogens (tertiary/aromatic N) is 1. The van der Waals surface area contributed by atoms with Crippen molar-refractivity contribution in [2.45, 2.75) is 72.6 Å². The third-order valence-corrected chi connectivity index (χ3v) is 3.91. The zero-order chi connectivity index (χ0) is 16.0. The SMILES string of the molecule is CC(C)CC(C)N(C)Cc1ccccc1CNC(C)(C)C. The van der Waals surface area contributed by atoms with Crippen LogP contribution in [0.25, 0.3) is 0 Å². The van der Waals surface area contributed by atoms with Gasteiger partial charge in [0.25, 0.3) is 0 Å². The highest BCUT2D eigenvalue weighted by Gasteiger charge is 2.14. The monoisotopic (exact) mass is 290 g/mol. The van der Waals surface area contributed by atoms with Crippen molar-refractivity contribution in [2.75, 3.05) is 7.05 Å². The molecule has 0 aromatic heterocycles. The molecule has 1 atom stereocenters. The molecule has 0 aliphatic carbocycles. The van der Waals surface area contributed by atoms with Crippen molar-refractivity contribution in [3.05, 3.63) is 35.4 Å². The highest BCUT2D eigenvalue weighted by atomic mass is 15.1. The van der Waals surface area contributed by atoms with E-state index in [2.05, 4.69) is 83.1 Å². The minimum atomic E-state index is 0.157. The molecular formula is C19H34N2. The van der Waals surface area contributed by atoms with Crippen molar-refractivity contribution < 1.29 is 0 Å². The molecule has 0 heterocycles. The Morgan fingerprint density at radius 3 is 2.14 bits per heavy atom. The van der Waals surface area contributed by atoms with Gasteiger partial charge >= 0.3 is 0 Å². The van der Waals surface area contributed by atoms with E-state index in [4.69, 9.17) is 0 Å². The van der Waals surface area contributed by atoms with Crippen LogP contribution in [0.15, 0.2) is 24.3 Å². The normalized spacial score (nSPS) is 14.0. The summed E-state index contributed by atoms with van der Waals surface area (Å²) in [5.41, 5.74) is 3.01. The van der Waals surface area contributed by atoms with E-state index in [0.717, 1.165) is 19.0 Å². The molecule has 0 aliphatic heterocycles. The fraction of sp³-hybridized carbons (Fsp3) is 0.684. The number of hydrogen-bond acceptors (Lipinski definition) is 2. The standard InChI is InChI=1S/C19H34N2/c1-15(2)12-16(3)21(7)14-18-11-9-8-10-17(18)13-20-19(4,5)6/h8-11,15-16,20H,12-14H2,1-7H3. The van der Waals surface area contributed by atoms with Gasteiger partial charge in [0.2, 0.25) is 0 Å². The fourth-order valence-corrected chi connectivity index (χ4v) is 2.53. The summed E-state index contributed by atoms with van der Waals surface area (Å²) in [6.45, 7) is 15.5. The smallest absolute Gasteiger partial charge is 0.0236 e. The van der Waals surface area contributed by atoms with E-state index in [9.17, 15) is 0 Å². The first-order valence-corrected chi connectivity index (χ1v) is 8.21. The zero-order valence-electron chi connectivity index (χ0n) is 15.0. The van der Waals surface area contributed by atoms with E-state index in [0.29, 0.717) is 6.04 Å². The molecule has 0 saturated heterocycles. The van der Waals surface area contributed by atoms with Gasteiger partial charge in [-0.25, -0.2) is 0 Å². The van der Waals surface area contributed by atoms with Gasteiger partial charge in [-0.3, -0.25) is 4.90 Å². The van der Waals surface area contributed by atoms with Crippen LogP contribution in [0.4, 0.5) is 0 Å². The topological polar surface area (TPSA) is 15.3 Å². The van der Waals surface area contributed by atoms with Crippen molar-refractivity contribution in [2.24, 2.45) is 5.92 Å². The average Bonchev–Trinajstić information content (AvgIpc) is 2.35. The van der Waals surface area contributed by atoms with Crippen LogP contribution in [0, 0.1) is 5.92 Å². The van der Waals surface area contributed by atoms with Gasteiger partial charge in [0.05, 0.1) is 0 Å². The number of hydrogen-bond donors (Lipinski definition) is 1. The highest BCUT2D eigenvalue weighted by Crippen LogP contribution is 2.16.